The molecule has 2 atom stereocenters. The summed E-state index contributed by atoms with van der Waals surface area (Å²) in [6.07, 6.45) is 4.87. The number of nitrogens with zero attached hydrogens (tertiary/aromatic N) is 4. The van der Waals surface area contributed by atoms with Gasteiger partial charge in [-0.05, 0) is 61.2 Å². The molecule has 2 aromatic carbocycles. The van der Waals surface area contributed by atoms with Gasteiger partial charge < -0.3 is 14.7 Å². The van der Waals surface area contributed by atoms with Crippen LogP contribution in [0.2, 0.25) is 5.02 Å². The van der Waals surface area contributed by atoms with Crippen molar-refractivity contribution in [1.82, 2.24) is 9.78 Å². The molecule has 34 heavy (non-hydrogen) atoms. The van der Waals surface area contributed by atoms with E-state index in [0.717, 1.165) is 24.0 Å². The molecule has 176 valence electrons. The highest BCUT2D eigenvalue weighted by Crippen LogP contribution is 2.48. The average Bonchev–Trinajstić information content (AvgIpc) is 3.54. The van der Waals surface area contributed by atoms with Gasteiger partial charge in [-0.2, -0.15) is 5.10 Å². The third-order valence-electron chi connectivity index (χ3n) is 6.56. The normalized spacial score (nSPS) is 19.6. The minimum absolute atomic E-state index is 0.183. The first-order valence-electron chi connectivity index (χ1n) is 11.1. The van der Waals surface area contributed by atoms with Gasteiger partial charge in [0.05, 0.1) is 42.8 Å². The number of halogens is 1. The highest BCUT2D eigenvalue weighted by molar-refractivity contribution is 6.31. The SMILES string of the molecule is COc1ccc(Cl)c(C2[C@H](C)N(C(C)=O)c3ccc(-c4cnn(C5CC5)c4)cc3N2C(=O)O)c1. The van der Waals surface area contributed by atoms with Crippen LogP contribution in [0, 0.1) is 0 Å². The molecule has 1 aliphatic heterocycles. The molecule has 1 aromatic heterocycles. The van der Waals surface area contributed by atoms with E-state index in [1.165, 1.54) is 18.9 Å². The number of fused-ring (bicyclic) bond motifs is 1. The molecule has 1 N–H and O–H groups in total. The molecule has 1 fully saturated rings. The van der Waals surface area contributed by atoms with Crippen molar-refractivity contribution < 1.29 is 19.4 Å². The fourth-order valence-corrected chi connectivity index (χ4v) is 5.03. The van der Waals surface area contributed by atoms with Gasteiger partial charge >= 0.3 is 6.09 Å². The molecule has 8 nitrogen and oxygen atoms in total. The van der Waals surface area contributed by atoms with Crippen molar-refractivity contribution in [2.45, 2.75) is 44.8 Å². The third kappa shape index (κ3) is 3.68. The van der Waals surface area contributed by atoms with E-state index in [4.69, 9.17) is 16.3 Å². The van der Waals surface area contributed by atoms with Crippen LogP contribution in [0.1, 0.15) is 44.3 Å². The lowest BCUT2D eigenvalue weighted by Gasteiger charge is -2.46. The van der Waals surface area contributed by atoms with Crippen molar-refractivity contribution in [2.75, 3.05) is 16.9 Å². The zero-order valence-corrected chi connectivity index (χ0v) is 19.9. The molecule has 2 aliphatic rings. The van der Waals surface area contributed by atoms with E-state index >= 15 is 0 Å². The van der Waals surface area contributed by atoms with Crippen molar-refractivity contribution in [2.24, 2.45) is 0 Å². The Kier molecular flexibility index (Phi) is 5.48. The van der Waals surface area contributed by atoms with Gasteiger partial charge in [0, 0.05) is 23.7 Å². The number of carbonyl (C=O) groups is 2. The van der Waals surface area contributed by atoms with E-state index in [0.29, 0.717) is 33.8 Å². The second-order valence-corrected chi connectivity index (χ2v) is 9.17. The molecule has 1 aliphatic carbocycles. The zero-order chi connectivity index (χ0) is 24.1. The van der Waals surface area contributed by atoms with E-state index in [1.807, 2.05) is 23.9 Å². The summed E-state index contributed by atoms with van der Waals surface area (Å²) >= 11 is 6.55. The summed E-state index contributed by atoms with van der Waals surface area (Å²) in [4.78, 5) is 28.4. The second kappa shape index (κ2) is 8.36. The first-order valence-corrected chi connectivity index (χ1v) is 11.5. The van der Waals surface area contributed by atoms with E-state index in [1.54, 1.807) is 41.4 Å². The van der Waals surface area contributed by atoms with Crippen LogP contribution < -0.4 is 14.5 Å². The molecule has 2 heterocycles. The lowest BCUT2D eigenvalue weighted by Crippen LogP contribution is -2.53. The molecule has 2 amide bonds. The van der Waals surface area contributed by atoms with Crippen molar-refractivity contribution in [3.05, 3.63) is 59.4 Å². The lowest BCUT2D eigenvalue weighted by atomic mass is 9.91. The summed E-state index contributed by atoms with van der Waals surface area (Å²) in [6, 6.07) is 9.83. The van der Waals surface area contributed by atoms with Crippen molar-refractivity contribution >= 4 is 35.0 Å². The Labute approximate surface area is 202 Å². The molecular formula is C25H25ClN4O4. The fraction of sp³-hybridized carbons (Fsp3) is 0.320. The highest BCUT2D eigenvalue weighted by atomic mass is 35.5. The molecule has 0 saturated heterocycles. The highest BCUT2D eigenvalue weighted by Gasteiger charge is 2.43. The molecule has 9 heteroatoms. The maximum atomic E-state index is 12.8. The molecular weight excluding hydrogens is 456 g/mol. The van der Waals surface area contributed by atoms with Crippen molar-refractivity contribution in [3.8, 4) is 16.9 Å². The summed E-state index contributed by atoms with van der Waals surface area (Å²) in [5.41, 5.74) is 3.24. The zero-order valence-electron chi connectivity index (χ0n) is 19.1. The third-order valence-corrected chi connectivity index (χ3v) is 6.90. The standard InChI is InChI=1S/C25H25ClN4O4/c1-14-24(20-11-19(34-3)7-8-21(20)26)30(25(32)33)23-10-16(4-9-22(23)29(14)15(2)31)17-12-27-28(13-17)18-5-6-18/h4,7-14,18,24H,5-6H2,1-3H3,(H,32,33)/t14-,24?/m0/s1. The summed E-state index contributed by atoms with van der Waals surface area (Å²) in [5.74, 6) is 0.371. The number of carboxylic acid groups (broad SMARTS) is 1. The molecule has 3 aromatic rings. The number of hydrogen-bond acceptors (Lipinski definition) is 4. The van der Waals surface area contributed by atoms with Crippen LogP contribution in [0.25, 0.3) is 11.1 Å². The van der Waals surface area contributed by atoms with Gasteiger partial charge in [-0.3, -0.25) is 14.4 Å². The van der Waals surface area contributed by atoms with E-state index in [2.05, 4.69) is 5.10 Å². The maximum absolute atomic E-state index is 12.8. The second-order valence-electron chi connectivity index (χ2n) is 8.76. The number of ether oxygens (including phenoxy) is 1. The number of aromatic nitrogens is 2. The Morgan fingerprint density at radius 2 is 1.85 bits per heavy atom. The number of amides is 2. The van der Waals surface area contributed by atoms with Gasteiger partial charge in [0.2, 0.25) is 5.91 Å². The van der Waals surface area contributed by atoms with Gasteiger partial charge in [-0.25, -0.2) is 4.79 Å². The maximum Gasteiger partial charge on any atom is 0.412 e. The molecule has 0 radical (unpaired) electrons. The number of benzene rings is 2. The minimum Gasteiger partial charge on any atom is -0.497 e. The Balaban J connectivity index is 1.68. The Morgan fingerprint density at radius 3 is 2.50 bits per heavy atom. The Hall–Kier alpha value is -3.52. The molecule has 0 bridgehead atoms. The summed E-state index contributed by atoms with van der Waals surface area (Å²) in [5, 5.41) is 15.2. The van der Waals surface area contributed by atoms with E-state index in [-0.39, 0.29) is 5.91 Å². The van der Waals surface area contributed by atoms with Gasteiger partial charge in [-0.15, -0.1) is 0 Å². The predicted octanol–water partition coefficient (Wildman–Crippen LogP) is 5.53. The van der Waals surface area contributed by atoms with Gasteiger partial charge in [0.25, 0.3) is 0 Å². The lowest BCUT2D eigenvalue weighted by molar-refractivity contribution is -0.117. The average molecular weight is 481 g/mol. The van der Waals surface area contributed by atoms with Gasteiger partial charge in [0.1, 0.15) is 5.75 Å². The number of anilines is 2. The molecule has 0 spiro atoms. The van der Waals surface area contributed by atoms with Gasteiger partial charge in [-0.1, -0.05) is 17.7 Å². The van der Waals surface area contributed by atoms with Crippen molar-refractivity contribution in [1.29, 1.82) is 0 Å². The minimum atomic E-state index is -1.13. The summed E-state index contributed by atoms with van der Waals surface area (Å²) in [6.45, 7) is 3.31. The van der Waals surface area contributed by atoms with Crippen LogP contribution in [0.5, 0.6) is 5.75 Å². The molecule has 1 unspecified atom stereocenters. The molecule has 1 saturated carbocycles. The van der Waals surface area contributed by atoms with Crippen LogP contribution in [0.4, 0.5) is 16.2 Å². The van der Waals surface area contributed by atoms with Crippen LogP contribution in [-0.4, -0.2) is 40.0 Å². The Bertz CT molecular complexity index is 1290. The smallest absolute Gasteiger partial charge is 0.412 e. The topological polar surface area (TPSA) is 87.9 Å². The fourth-order valence-electron chi connectivity index (χ4n) is 4.80. The Morgan fingerprint density at radius 1 is 1.09 bits per heavy atom. The van der Waals surface area contributed by atoms with Crippen molar-refractivity contribution in [3.63, 3.8) is 0 Å². The van der Waals surface area contributed by atoms with Crippen LogP contribution in [0.15, 0.2) is 48.8 Å². The summed E-state index contributed by atoms with van der Waals surface area (Å²) < 4.78 is 7.32. The quantitative estimate of drug-likeness (QED) is 0.530. The van der Waals surface area contributed by atoms with Gasteiger partial charge in [0.15, 0.2) is 0 Å². The number of hydrogen-bond donors (Lipinski definition) is 1. The van der Waals surface area contributed by atoms with Crippen LogP contribution in [0.3, 0.4) is 0 Å². The van der Waals surface area contributed by atoms with Crippen LogP contribution >= 0.6 is 11.6 Å². The number of carbonyl (C=O) groups excluding carboxylic acids is 1. The predicted molar refractivity (Wildman–Crippen MR) is 130 cm³/mol. The van der Waals surface area contributed by atoms with Crippen LogP contribution in [-0.2, 0) is 4.79 Å². The monoisotopic (exact) mass is 480 g/mol. The number of methoxy groups -OCH3 is 1. The van der Waals surface area contributed by atoms with E-state index in [9.17, 15) is 14.7 Å². The largest absolute Gasteiger partial charge is 0.497 e. The first-order chi connectivity index (χ1) is 16.3. The molecule has 5 rings (SSSR count). The summed E-state index contributed by atoms with van der Waals surface area (Å²) in [7, 11) is 1.54. The first kappa shape index (κ1) is 22.3. The van der Waals surface area contributed by atoms with E-state index < -0.39 is 18.2 Å². The number of rotatable bonds is 4.